The summed E-state index contributed by atoms with van der Waals surface area (Å²) in [6, 6.07) is 8.63. The third-order valence-corrected chi connectivity index (χ3v) is 2.63. The number of ketones is 1. The fraction of sp³-hybridized carbons (Fsp3) is 0.200. The number of hydrogen-bond acceptors (Lipinski definition) is 2. The molecule has 0 spiro atoms. The summed E-state index contributed by atoms with van der Waals surface area (Å²) in [5, 5.41) is 2.44. The van der Waals surface area contributed by atoms with E-state index in [-0.39, 0.29) is 0 Å². The SMILES string of the molecule is CC(=O)C(Cl)(Cl)C(=O)Nc1ccccc1. The van der Waals surface area contributed by atoms with Crippen molar-refractivity contribution >= 4 is 40.6 Å². The molecule has 0 heterocycles. The van der Waals surface area contributed by atoms with Crippen molar-refractivity contribution in [1.82, 2.24) is 0 Å². The molecule has 1 N–H and O–H groups in total. The molecule has 80 valence electrons. The number of para-hydroxylation sites is 1. The first-order chi connectivity index (χ1) is 6.94. The van der Waals surface area contributed by atoms with Gasteiger partial charge in [0.15, 0.2) is 5.78 Å². The number of nitrogens with one attached hydrogen (secondary N) is 1. The predicted octanol–water partition coefficient (Wildman–Crippen LogP) is 2.39. The molecule has 3 nitrogen and oxygen atoms in total. The number of halogens is 2. The molecule has 0 aliphatic carbocycles. The van der Waals surface area contributed by atoms with Crippen LogP contribution in [0.2, 0.25) is 0 Å². The highest BCUT2D eigenvalue weighted by atomic mass is 35.5. The molecule has 0 radical (unpaired) electrons. The Morgan fingerprint density at radius 3 is 2.20 bits per heavy atom. The number of alkyl halides is 2. The predicted molar refractivity (Wildman–Crippen MR) is 60.2 cm³/mol. The van der Waals surface area contributed by atoms with Gasteiger partial charge in [-0.1, -0.05) is 41.4 Å². The standard InChI is InChI=1S/C10H9Cl2NO2/c1-7(14)10(11,12)9(15)13-8-5-3-2-4-6-8/h2-6H,1H3,(H,13,15). The number of carbonyl (C=O) groups excluding carboxylic acids is 2. The summed E-state index contributed by atoms with van der Waals surface area (Å²) in [6.07, 6.45) is 0. The molecule has 1 aromatic rings. The number of Topliss-reactive ketones (excluding diaryl/α,β-unsaturated/α-hetero) is 1. The van der Waals surface area contributed by atoms with Crippen LogP contribution in [-0.4, -0.2) is 16.0 Å². The van der Waals surface area contributed by atoms with E-state index < -0.39 is 16.0 Å². The van der Waals surface area contributed by atoms with E-state index in [1.807, 2.05) is 0 Å². The second kappa shape index (κ2) is 4.64. The van der Waals surface area contributed by atoms with Gasteiger partial charge in [0.25, 0.3) is 10.2 Å². The molecule has 15 heavy (non-hydrogen) atoms. The zero-order valence-electron chi connectivity index (χ0n) is 7.96. The van der Waals surface area contributed by atoms with Crippen molar-refractivity contribution < 1.29 is 9.59 Å². The van der Waals surface area contributed by atoms with Gasteiger partial charge in [-0.3, -0.25) is 9.59 Å². The molecular weight excluding hydrogens is 237 g/mol. The summed E-state index contributed by atoms with van der Waals surface area (Å²) < 4.78 is -2.03. The van der Waals surface area contributed by atoms with Gasteiger partial charge in [0.1, 0.15) is 0 Å². The van der Waals surface area contributed by atoms with Gasteiger partial charge in [-0.25, -0.2) is 0 Å². The minimum absolute atomic E-state index is 0.537. The Morgan fingerprint density at radius 1 is 1.20 bits per heavy atom. The van der Waals surface area contributed by atoms with E-state index in [1.54, 1.807) is 30.3 Å². The van der Waals surface area contributed by atoms with Crippen LogP contribution in [0.15, 0.2) is 30.3 Å². The van der Waals surface area contributed by atoms with Gasteiger partial charge in [-0.15, -0.1) is 0 Å². The fourth-order valence-electron chi connectivity index (χ4n) is 0.891. The van der Waals surface area contributed by atoms with Gasteiger partial charge >= 0.3 is 0 Å². The Bertz CT molecular complexity index is 376. The number of anilines is 1. The van der Waals surface area contributed by atoms with Crippen molar-refractivity contribution in [3.8, 4) is 0 Å². The molecule has 0 bridgehead atoms. The Hall–Kier alpha value is -1.06. The minimum Gasteiger partial charge on any atom is -0.323 e. The van der Waals surface area contributed by atoms with E-state index in [4.69, 9.17) is 23.2 Å². The Kier molecular flexibility index (Phi) is 3.72. The van der Waals surface area contributed by atoms with Crippen LogP contribution >= 0.6 is 23.2 Å². The number of hydrogen-bond donors (Lipinski definition) is 1. The lowest BCUT2D eigenvalue weighted by molar-refractivity contribution is -0.125. The van der Waals surface area contributed by atoms with Crippen LogP contribution in [-0.2, 0) is 9.59 Å². The van der Waals surface area contributed by atoms with Crippen molar-refractivity contribution in [3.05, 3.63) is 30.3 Å². The lowest BCUT2D eigenvalue weighted by atomic mass is 10.2. The zero-order chi connectivity index (χ0) is 11.5. The maximum absolute atomic E-state index is 11.5. The summed E-state index contributed by atoms with van der Waals surface area (Å²) in [6.45, 7) is 1.16. The molecule has 0 unspecified atom stereocenters. The number of rotatable bonds is 3. The first-order valence-corrected chi connectivity index (χ1v) is 4.95. The van der Waals surface area contributed by atoms with Crippen LogP contribution in [0.3, 0.4) is 0 Å². The van der Waals surface area contributed by atoms with Crippen molar-refractivity contribution in [2.24, 2.45) is 0 Å². The van der Waals surface area contributed by atoms with Crippen LogP contribution in [0.25, 0.3) is 0 Å². The largest absolute Gasteiger partial charge is 0.323 e. The van der Waals surface area contributed by atoms with Crippen LogP contribution in [0, 0.1) is 0 Å². The van der Waals surface area contributed by atoms with Crippen molar-refractivity contribution in [2.45, 2.75) is 11.3 Å². The third-order valence-electron chi connectivity index (χ3n) is 1.76. The highest BCUT2D eigenvalue weighted by Crippen LogP contribution is 2.24. The number of benzene rings is 1. The summed E-state index contributed by atoms with van der Waals surface area (Å²) >= 11 is 11.2. The van der Waals surface area contributed by atoms with Gasteiger partial charge in [-0.2, -0.15) is 0 Å². The average molecular weight is 246 g/mol. The fourth-order valence-corrected chi connectivity index (χ4v) is 0.985. The maximum atomic E-state index is 11.5. The quantitative estimate of drug-likeness (QED) is 0.657. The van der Waals surface area contributed by atoms with E-state index in [0.717, 1.165) is 6.92 Å². The highest BCUT2D eigenvalue weighted by Gasteiger charge is 2.39. The molecule has 0 saturated heterocycles. The summed E-state index contributed by atoms with van der Waals surface area (Å²) in [7, 11) is 0. The van der Waals surface area contributed by atoms with E-state index >= 15 is 0 Å². The summed E-state index contributed by atoms with van der Waals surface area (Å²) in [5.41, 5.74) is 0.537. The molecule has 5 heteroatoms. The molecule has 0 fully saturated rings. The molecule has 0 aliphatic rings. The number of amides is 1. The van der Waals surface area contributed by atoms with E-state index in [1.165, 1.54) is 0 Å². The van der Waals surface area contributed by atoms with Gasteiger partial charge in [-0.05, 0) is 19.1 Å². The molecule has 0 aromatic heterocycles. The smallest absolute Gasteiger partial charge is 0.268 e. The van der Waals surface area contributed by atoms with Crippen LogP contribution < -0.4 is 5.32 Å². The summed E-state index contributed by atoms with van der Waals surface area (Å²) in [5.74, 6) is -1.36. The van der Waals surface area contributed by atoms with E-state index in [9.17, 15) is 9.59 Å². The van der Waals surface area contributed by atoms with E-state index in [0.29, 0.717) is 5.69 Å². The minimum atomic E-state index is -2.03. The Morgan fingerprint density at radius 2 is 1.73 bits per heavy atom. The molecule has 1 amide bonds. The molecule has 0 atom stereocenters. The zero-order valence-corrected chi connectivity index (χ0v) is 9.47. The maximum Gasteiger partial charge on any atom is 0.268 e. The lowest BCUT2D eigenvalue weighted by Gasteiger charge is -2.15. The topological polar surface area (TPSA) is 46.2 Å². The van der Waals surface area contributed by atoms with Crippen LogP contribution in [0.4, 0.5) is 5.69 Å². The second-order valence-corrected chi connectivity index (χ2v) is 4.28. The van der Waals surface area contributed by atoms with Gasteiger partial charge in [0, 0.05) is 5.69 Å². The average Bonchev–Trinajstić information content (AvgIpc) is 2.18. The second-order valence-electron chi connectivity index (χ2n) is 2.95. The van der Waals surface area contributed by atoms with Gasteiger partial charge in [0.2, 0.25) is 0 Å². The monoisotopic (exact) mass is 245 g/mol. The molecule has 1 rings (SSSR count). The Balaban J connectivity index is 2.77. The van der Waals surface area contributed by atoms with Gasteiger partial charge < -0.3 is 5.32 Å². The van der Waals surface area contributed by atoms with Crippen LogP contribution in [0.5, 0.6) is 0 Å². The van der Waals surface area contributed by atoms with Gasteiger partial charge in [0.05, 0.1) is 0 Å². The first kappa shape index (κ1) is 12.0. The van der Waals surface area contributed by atoms with Crippen molar-refractivity contribution in [2.75, 3.05) is 5.32 Å². The molecule has 0 aliphatic heterocycles. The van der Waals surface area contributed by atoms with Crippen LogP contribution in [0.1, 0.15) is 6.92 Å². The first-order valence-electron chi connectivity index (χ1n) is 4.20. The van der Waals surface area contributed by atoms with E-state index in [2.05, 4.69) is 5.32 Å². The number of carbonyl (C=O) groups is 2. The molecular formula is C10H9Cl2NO2. The Labute approximate surface area is 97.4 Å². The van der Waals surface area contributed by atoms with Crippen molar-refractivity contribution in [1.29, 1.82) is 0 Å². The normalized spacial score (nSPS) is 10.9. The summed E-state index contributed by atoms with van der Waals surface area (Å²) in [4.78, 5) is 22.5. The highest BCUT2D eigenvalue weighted by molar-refractivity contribution is 6.68. The molecule has 1 aromatic carbocycles. The molecule has 0 saturated carbocycles. The van der Waals surface area contributed by atoms with Crippen molar-refractivity contribution in [3.63, 3.8) is 0 Å². The lowest BCUT2D eigenvalue weighted by Crippen LogP contribution is -2.38. The third kappa shape index (κ3) is 2.94.